The van der Waals surface area contributed by atoms with E-state index >= 15 is 0 Å². The maximum absolute atomic E-state index is 11.1. The second-order valence-electron chi connectivity index (χ2n) is 3.03. The molecule has 0 aliphatic rings. The first-order chi connectivity index (χ1) is 7.75. The summed E-state index contributed by atoms with van der Waals surface area (Å²) in [6, 6.07) is 9.58. The van der Waals surface area contributed by atoms with Gasteiger partial charge in [0.15, 0.2) is 0 Å². The Morgan fingerprint density at radius 3 is 2.00 bits per heavy atom. The summed E-state index contributed by atoms with van der Waals surface area (Å²) in [6.45, 7) is 1.83. The van der Waals surface area contributed by atoms with Crippen molar-refractivity contribution in [3.05, 3.63) is 35.9 Å². The van der Waals surface area contributed by atoms with Gasteiger partial charge in [-0.2, -0.15) is 8.42 Å². The second-order valence-corrected chi connectivity index (χ2v) is 6.70. The predicted molar refractivity (Wildman–Crippen MR) is 67.5 cm³/mol. The molecule has 0 saturated carbocycles. The molecule has 0 N–H and O–H groups in total. The van der Waals surface area contributed by atoms with Crippen molar-refractivity contribution >= 4 is 35.6 Å². The molecule has 17 heavy (non-hydrogen) atoms. The lowest BCUT2D eigenvalue weighted by Crippen LogP contribution is -2.10. The standard InChI is InChI=1S/C10H12O2.Cl2O2S/c1-8(10(11)12-2)9-6-4-3-5-7-9;1-5(2,3)4/h3-8H,1-2H3;. The van der Waals surface area contributed by atoms with E-state index in [1.165, 1.54) is 7.11 Å². The summed E-state index contributed by atoms with van der Waals surface area (Å²) in [6.07, 6.45) is 0. The first-order valence-corrected chi connectivity index (χ1v) is 7.66. The zero-order valence-electron chi connectivity index (χ0n) is 9.26. The maximum Gasteiger partial charge on any atom is 0.317 e. The third kappa shape index (κ3) is 8.97. The molecule has 1 aromatic carbocycles. The Bertz CT molecular complexity index is 437. The van der Waals surface area contributed by atoms with Crippen LogP contribution in [0.1, 0.15) is 18.4 Å². The zero-order chi connectivity index (χ0) is 13.5. The van der Waals surface area contributed by atoms with Crippen molar-refractivity contribution in [3.63, 3.8) is 0 Å². The number of rotatable bonds is 2. The Morgan fingerprint density at radius 2 is 1.65 bits per heavy atom. The normalized spacial score (nSPS) is 12.0. The lowest BCUT2D eigenvalue weighted by Gasteiger charge is -2.08. The molecule has 0 aromatic heterocycles. The van der Waals surface area contributed by atoms with Crippen LogP contribution in [0.4, 0.5) is 0 Å². The van der Waals surface area contributed by atoms with Crippen molar-refractivity contribution in [1.82, 2.24) is 0 Å². The summed E-state index contributed by atoms with van der Waals surface area (Å²) in [5.74, 6) is -0.364. The highest BCUT2D eigenvalue weighted by molar-refractivity contribution is 8.31. The average molecular weight is 299 g/mol. The first-order valence-electron chi connectivity index (χ1n) is 4.52. The van der Waals surface area contributed by atoms with Gasteiger partial charge >= 0.3 is 14.2 Å². The Kier molecular flexibility index (Phi) is 7.18. The summed E-state index contributed by atoms with van der Waals surface area (Å²) in [7, 11) is 6.22. The number of ether oxygens (including phenoxy) is 1. The Labute approximate surface area is 109 Å². The van der Waals surface area contributed by atoms with Gasteiger partial charge in [-0.3, -0.25) is 4.79 Å². The Balaban J connectivity index is 0.000000437. The van der Waals surface area contributed by atoms with E-state index in [1.807, 2.05) is 37.3 Å². The number of carbonyl (C=O) groups is 1. The Hall–Kier alpha value is -0.780. The number of hydrogen-bond donors (Lipinski definition) is 0. The molecular formula is C10H12Cl2O4S. The van der Waals surface area contributed by atoms with Crippen LogP contribution >= 0.6 is 21.4 Å². The fourth-order valence-corrected chi connectivity index (χ4v) is 1.05. The van der Waals surface area contributed by atoms with Gasteiger partial charge in [0, 0.05) is 21.4 Å². The molecule has 0 bridgehead atoms. The molecule has 0 saturated heterocycles. The molecule has 7 heteroatoms. The summed E-state index contributed by atoms with van der Waals surface area (Å²) in [5, 5.41) is 0. The fraction of sp³-hybridized carbons (Fsp3) is 0.300. The number of benzene rings is 1. The van der Waals surface area contributed by atoms with Crippen LogP contribution in [0.15, 0.2) is 30.3 Å². The van der Waals surface area contributed by atoms with Crippen molar-refractivity contribution in [2.75, 3.05) is 7.11 Å². The van der Waals surface area contributed by atoms with E-state index in [0.29, 0.717) is 0 Å². The van der Waals surface area contributed by atoms with Crippen molar-refractivity contribution in [2.24, 2.45) is 0 Å². The van der Waals surface area contributed by atoms with Gasteiger partial charge in [-0.05, 0) is 12.5 Å². The van der Waals surface area contributed by atoms with Gasteiger partial charge in [-0.15, -0.1) is 0 Å². The SMILES string of the molecule is COC(=O)C(C)c1ccccc1.O=S(=O)(Cl)Cl. The molecule has 4 nitrogen and oxygen atoms in total. The lowest BCUT2D eigenvalue weighted by atomic mass is 10.0. The number of esters is 1. The molecule has 1 aromatic rings. The highest BCUT2D eigenvalue weighted by Crippen LogP contribution is 2.15. The third-order valence-electron chi connectivity index (χ3n) is 1.85. The molecular weight excluding hydrogens is 287 g/mol. The van der Waals surface area contributed by atoms with Crippen LogP contribution in [0, 0.1) is 0 Å². The van der Waals surface area contributed by atoms with Crippen molar-refractivity contribution in [3.8, 4) is 0 Å². The van der Waals surface area contributed by atoms with Crippen LogP contribution in [0.25, 0.3) is 0 Å². The number of hydrogen-bond acceptors (Lipinski definition) is 4. The largest absolute Gasteiger partial charge is 0.469 e. The average Bonchev–Trinajstić information content (AvgIpc) is 2.26. The first kappa shape index (κ1) is 16.2. The monoisotopic (exact) mass is 298 g/mol. The smallest absolute Gasteiger partial charge is 0.317 e. The molecule has 1 unspecified atom stereocenters. The summed E-state index contributed by atoms with van der Waals surface area (Å²) in [4.78, 5) is 11.1. The van der Waals surface area contributed by atoms with Crippen molar-refractivity contribution < 1.29 is 17.9 Å². The van der Waals surface area contributed by atoms with Crippen LogP contribution in [-0.2, 0) is 17.8 Å². The van der Waals surface area contributed by atoms with E-state index in [-0.39, 0.29) is 11.9 Å². The quantitative estimate of drug-likeness (QED) is 0.622. The van der Waals surface area contributed by atoms with Gasteiger partial charge in [0.2, 0.25) is 0 Å². The maximum atomic E-state index is 11.1. The molecule has 0 radical (unpaired) electrons. The van der Waals surface area contributed by atoms with Crippen LogP contribution < -0.4 is 0 Å². The minimum atomic E-state index is -3.72. The van der Waals surface area contributed by atoms with Gasteiger partial charge in [-0.25, -0.2) is 0 Å². The number of halogens is 2. The van der Waals surface area contributed by atoms with E-state index in [9.17, 15) is 4.79 Å². The van der Waals surface area contributed by atoms with Gasteiger partial charge in [0.1, 0.15) is 0 Å². The number of carbonyl (C=O) groups excluding carboxylic acids is 1. The predicted octanol–water partition coefficient (Wildman–Crippen LogP) is 2.67. The molecule has 0 spiro atoms. The van der Waals surface area contributed by atoms with Crippen LogP contribution in [0.3, 0.4) is 0 Å². The zero-order valence-corrected chi connectivity index (χ0v) is 11.6. The minimum Gasteiger partial charge on any atom is -0.469 e. The summed E-state index contributed by atoms with van der Waals surface area (Å²) < 4.78 is 23.0. The van der Waals surface area contributed by atoms with E-state index in [0.717, 1.165) is 5.56 Å². The highest BCUT2D eigenvalue weighted by atomic mass is 36.0. The molecule has 1 atom stereocenters. The van der Waals surface area contributed by atoms with E-state index < -0.39 is 8.26 Å². The lowest BCUT2D eigenvalue weighted by molar-refractivity contribution is -0.141. The molecule has 0 heterocycles. The summed E-state index contributed by atoms with van der Waals surface area (Å²) >= 11 is 0. The van der Waals surface area contributed by atoms with Crippen LogP contribution in [0.5, 0.6) is 0 Å². The fourth-order valence-electron chi connectivity index (χ4n) is 1.05. The third-order valence-corrected chi connectivity index (χ3v) is 1.85. The van der Waals surface area contributed by atoms with Crippen molar-refractivity contribution in [2.45, 2.75) is 12.8 Å². The molecule has 96 valence electrons. The van der Waals surface area contributed by atoms with Crippen molar-refractivity contribution in [1.29, 1.82) is 0 Å². The molecule has 1 rings (SSSR count). The second kappa shape index (κ2) is 7.53. The van der Waals surface area contributed by atoms with Gasteiger partial charge < -0.3 is 4.74 Å². The summed E-state index contributed by atoms with van der Waals surface area (Å²) in [5.41, 5.74) is 0.990. The minimum absolute atomic E-state index is 0.170. The topological polar surface area (TPSA) is 60.4 Å². The van der Waals surface area contributed by atoms with Crippen LogP contribution in [-0.4, -0.2) is 21.5 Å². The van der Waals surface area contributed by atoms with Gasteiger partial charge in [0.25, 0.3) is 0 Å². The van der Waals surface area contributed by atoms with Gasteiger partial charge in [0.05, 0.1) is 13.0 Å². The van der Waals surface area contributed by atoms with E-state index in [1.54, 1.807) is 0 Å². The molecule has 0 fully saturated rings. The Morgan fingerprint density at radius 1 is 1.24 bits per heavy atom. The highest BCUT2D eigenvalue weighted by Gasteiger charge is 2.14. The molecule has 0 aliphatic heterocycles. The van der Waals surface area contributed by atoms with Crippen LogP contribution in [0.2, 0.25) is 0 Å². The molecule has 0 amide bonds. The van der Waals surface area contributed by atoms with Gasteiger partial charge in [-0.1, -0.05) is 30.3 Å². The van der Waals surface area contributed by atoms with E-state index in [4.69, 9.17) is 8.42 Å². The van der Waals surface area contributed by atoms with E-state index in [2.05, 4.69) is 26.1 Å². The molecule has 0 aliphatic carbocycles. The number of methoxy groups -OCH3 is 1.